The van der Waals surface area contributed by atoms with Gasteiger partial charge in [0.15, 0.2) is 0 Å². The van der Waals surface area contributed by atoms with Gasteiger partial charge in [0, 0.05) is 19.1 Å². The third-order valence-electron chi connectivity index (χ3n) is 5.10. The van der Waals surface area contributed by atoms with E-state index < -0.39 is 0 Å². The smallest absolute Gasteiger partial charge is 0.115 e. The molecule has 1 aromatic rings. The summed E-state index contributed by atoms with van der Waals surface area (Å²) in [6, 6.07) is 7.60. The molecule has 130 valence electrons. The maximum absolute atomic E-state index is 10.5. The molecule has 2 N–H and O–H groups in total. The summed E-state index contributed by atoms with van der Waals surface area (Å²) in [5.41, 5.74) is 1.09. The molecule has 1 aliphatic heterocycles. The Morgan fingerprint density at radius 3 is 2.61 bits per heavy atom. The molecule has 1 aliphatic rings. The number of aliphatic hydroxyl groups excluding tert-OH is 1. The van der Waals surface area contributed by atoms with Crippen molar-refractivity contribution in [1.29, 1.82) is 0 Å². The van der Waals surface area contributed by atoms with Gasteiger partial charge in [-0.2, -0.15) is 0 Å². The van der Waals surface area contributed by atoms with Gasteiger partial charge in [-0.15, -0.1) is 0 Å². The predicted octanol–water partition coefficient (Wildman–Crippen LogP) is 2.87. The topological polar surface area (TPSA) is 46.9 Å². The fourth-order valence-corrected chi connectivity index (χ4v) is 3.43. The molecule has 1 aromatic carbocycles. The largest absolute Gasteiger partial charge is 0.508 e. The Kier molecular flexibility index (Phi) is 6.88. The van der Waals surface area contributed by atoms with Gasteiger partial charge in [-0.05, 0) is 63.0 Å². The highest BCUT2D eigenvalue weighted by molar-refractivity contribution is 5.29. The number of likely N-dealkylation sites (tertiary alicyclic amines) is 1. The molecule has 1 heterocycles. The van der Waals surface area contributed by atoms with E-state index in [4.69, 9.17) is 0 Å². The highest BCUT2D eigenvalue weighted by Crippen LogP contribution is 2.23. The molecular formula is C19H32N2O2. The number of piperidine rings is 1. The molecule has 0 aliphatic carbocycles. The number of phenolic OH excluding ortho intramolecular Hbond substituents is 1. The fourth-order valence-electron chi connectivity index (χ4n) is 3.43. The van der Waals surface area contributed by atoms with Gasteiger partial charge in [0.1, 0.15) is 5.75 Å². The third kappa shape index (κ3) is 5.48. The van der Waals surface area contributed by atoms with Gasteiger partial charge in [-0.1, -0.05) is 26.0 Å². The Bertz CT molecular complexity index is 472. The van der Waals surface area contributed by atoms with Crippen LogP contribution in [0.2, 0.25) is 0 Å². The van der Waals surface area contributed by atoms with Crippen molar-refractivity contribution < 1.29 is 10.2 Å². The summed E-state index contributed by atoms with van der Waals surface area (Å²) in [7, 11) is 0. The lowest BCUT2D eigenvalue weighted by Crippen LogP contribution is -2.43. The molecule has 0 radical (unpaired) electrons. The van der Waals surface area contributed by atoms with E-state index in [0.717, 1.165) is 37.7 Å². The summed E-state index contributed by atoms with van der Waals surface area (Å²) in [4.78, 5) is 4.66. The van der Waals surface area contributed by atoms with Gasteiger partial charge in [0.25, 0.3) is 0 Å². The molecule has 2 atom stereocenters. The van der Waals surface area contributed by atoms with Gasteiger partial charge >= 0.3 is 0 Å². The van der Waals surface area contributed by atoms with Crippen molar-refractivity contribution in [2.24, 2.45) is 5.92 Å². The van der Waals surface area contributed by atoms with Gasteiger partial charge in [0.2, 0.25) is 0 Å². The SMILES string of the molecule is CCN(CC(O)CN1CCC(C)CC1)C(C)c1cccc(O)c1. The van der Waals surface area contributed by atoms with Crippen molar-refractivity contribution in [3.63, 3.8) is 0 Å². The normalized spacial score (nSPS) is 19.9. The van der Waals surface area contributed by atoms with Gasteiger partial charge < -0.3 is 15.1 Å². The van der Waals surface area contributed by atoms with Crippen molar-refractivity contribution in [2.75, 3.05) is 32.7 Å². The minimum atomic E-state index is -0.330. The minimum Gasteiger partial charge on any atom is -0.508 e. The average molecular weight is 320 g/mol. The maximum atomic E-state index is 10.5. The van der Waals surface area contributed by atoms with Gasteiger partial charge in [-0.3, -0.25) is 4.90 Å². The van der Waals surface area contributed by atoms with E-state index in [2.05, 4.69) is 30.6 Å². The first kappa shape index (κ1) is 18.2. The number of hydrogen-bond acceptors (Lipinski definition) is 4. The first-order valence-corrected chi connectivity index (χ1v) is 8.93. The van der Waals surface area contributed by atoms with Crippen LogP contribution in [-0.4, -0.2) is 58.8 Å². The quantitative estimate of drug-likeness (QED) is 0.811. The standard InChI is InChI=1S/C19H32N2O2/c1-4-21(16(3)17-6-5-7-18(22)12-17)14-19(23)13-20-10-8-15(2)9-11-20/h5-7,12,15-16,19,22-23H,4,8-11,13-14H2,1-3H3. The van der Waals surface area contributed by atoms with Crippen LogP contribution >= 0.6 is 0 Å². The van der Waals surface area contributed by atoms with Crippen molar-refractivity contribution in [1.82, 2.24) is 9.80 Å². The van der Waals surface area contributed by atoms with E-state index in [1.807, 2.05) is 18.2 Å². The molecule has 0 spiro atoms. The van der Waals surface area contributed by atoms with Crippen molar-refractivity contribution >= 4 is 0 Å². The van der Waals surface area contributed by atoms with Crippen LogP contribution in [0.4, 0.5) is 0 Å². The molecule has 2 unspecified atom stereocenters. The number of phenols is 1. The highest BCUT2D eigenvalue weighted by Gasteiger charge is 2.22. The second-order valence-electron chi connectivity index (χ2n) is 7.00. The summed E-state index contributed by atoms with van der Waals surface area (Å²) >= 11 is 0. The maximum Gasteiger partial charge on any atom is 0.115 e. The van der Waals surface area contributed by atoms with Crippen LogP contribution in [0.15, 0.2) is 24.3 Å². The Balaban J connectivity index is 1.88. The minimum absolute atomic E-state index is 0.183. The summed E-state index contributed by atoms with van der Waals surface area (Å²) in [6.07, 6.45) is 2.15. The van der Waals surface area contributed by atoms with E-state index in [9.17, 15) is 10.2 Å². The molecule has 4 heteroatoms. The van der Waals surface area contributed by atoms with E-state index in [-0.39, 0.29) is 12.1 Å². The lowest BCUT2D eigenvalue weighted by molar-refractivity contribution is 0.0517. The zero-order valence-corrected chi connectivity index (χ0v) is 14.8. The van der Waals surface area contributed by atoms with Crippen LogP contribution in [-0.2, 0) is 0 Å². The second kappa shape index (κ2) is 8.67. The number of nitrogens with zero attached hydrogens (tertiary/aromatic N) is 2. The molecular weight excluding hydrogens is 288 g/mol. The van der Waals surface area contributed by atoms with E-state index in [1.54, 1.807) is 6.07 Å². The summed E-state index contributed by atoms with van der Waals surface area (Å²) < 4.78 is 0. The summed E-state index contributed by atoms with van der Waals surface area (Å²) in [5, 5.41) is 20.1. The number of likely N-dealkylation sites (N-methyl/N-ethyl adjacent to an activating group) is 1. The zero-order chi connectivity index (χ0) is 16.8. The monoisotopic (exact) mass is 320 g/mol. The molecule has 1 fully saturated rings. The molecule has 0 saturated carbocycles. The molecule has 0 bridgehead atoms. The second-order valence-corrected chi connectivity index (χ2v) is 7.00. The first-order valence-electron chi connectivity index (χ1n) is 8.93. The van der Waals surface area contributed by atoms with E-state index in [1.165, 1.54) is 12.8 Å². The number of aromatic hydroxyl groups is 1. The van der Waals surface area contributed by atoms with Gasteiger partial charge in [-0.25, -0.2) is 0 Å². The summed E-state index contributed by atoms with van der Waals surface area (Å²) in [6.45, 7) is 11.1. The zero-order valence-electron chi connectivity index (χ0n) is 14.8. The molecule has 0 aromatic heterocycles. The van der Waals surface area contributed by atoms with Crippen molar-refractivity contribution in [3.05, 3.63) is 29.8 Å². The lowest BCUT2D eigenvalue weighted by atomic mass is 9.99. The van der Waals surface area contributed by atoms with Crippen LogP contribution in [0, 0.1) is 5.92 Å². The third-order valence-corrected chi connectivity index (χ3v) is 5.10. The van der Waals surface area contributed by atoms with E-state index in [0.29, 0.717) is 12.3 Å². The Hall–Kier alpha value is -1.10. The van der Waals surface area contributed by atoms with Crippen LogP contribution < -0.4 is 0 Å². The first-order chi connectivity index (χ1) is 11.0. The Labute approximate surface area is 140 Å². The Morgan fingerprint density at radius 1 is 1.30 bits per heavy atom. The Morgan fingerprint density at radius 2 is 2.00 bits per heavy atom. The number of hydrogen-bond donors (Lipinski definition) is 2. The fraction of sp³-hybridized carbons (Fsp3) is 0.684. The van der Waals surface area contributed by atoms with Crippen LogP contribution in [0.1, 0.15) is 45.2 Å². The van der Waals surface area contributed by atoms with Crippen LogP contribution in [0.3, 0.4) is 0 Å². The number of β-amino-alcohol motifs (C(OH)–C–C–N with tert-alkyl or cyclic N) is 1. The lowest BCUT2D eigenvalue weighted by Gasteiger charge is -2.34. The van der Waals surface area contributed by atoms with Crippen molar-refractivity contribution in [2.45, 2.75) is 45.8 Å². The molecule has 0 amide bonds. The van der Waals surface area contributed by atoms with Crippen molar-refractivity contribution in [3.8, 4) is 5.75 Å². The highest BCUT2D eigenvalue weighted by atomic mass is 16.3. The van der Waals surface area contributed by atoms with E-state index >= 15 is 0 Å². The van der Waals surface area contributed by atoms with Crippen LogP contribution in [0.25, 0.3) is 0 Å². The van der Waals surface area contributed by atoms with Crippen LogP contribution in [0.5, 0.6) is 5.75 Å². The molecule has 1 saturated heterocycles. The average Bonchev–Trinajstić information content (AvgIpc) is 2.54. The number of aliphatic hydroxyl groups is 1. The molecule has 4 nitrogen and oxygen atoms in total. The van der Waals surface area contributed by atoms with Gasteiger partial charge in [0.05, 0.1) is 6.10 Å². The summed E-state index contributed by atoms with van der Waals surface area (Å²) in [5.74, 6) is 1.12. The predicted molar refractivity (Wildman–Crippen MR) is 94.6 cm³/mol. The molecule has 23 heavy (non-hydrogen) atoms. The number of rotatable bonds is 7. The molecule has 2 rings (SSSR count). The number of benzene rings is 1.